The van der Waals surface area contributed by atoms with E-state index in [1.807, 2.05) is 53.8 Å². The molecule has 0 aliphatic rings. The van der Waals surface area contributed by atoms with Crippen LogP contribution in [0.5, 0.6) is 0 Å². The van der Waals surface area contributed by atoms with Gasteiger partial charge in [0, 0.05) is 18.2 Å². The lowest BCUT2D eigenvalue weighted by Gasteiger charge is -2.11. The van der Waals surface area contributed by atoms with E-state index < -0.39 is 0 Å². The van der Waals surface area contributed by atoms with Crippen molar-refractivity contribution in [3.05, 3.63) is 94.3 Å². The summed E-state index contributed by atoms with van der Waals surface area (Å²) in [4.78, 5) is 37.4. The first-order chi connectivity index (χ1) is 16.9. The number of amides is 1. The number of hydrogen-bond donors (Lipinski definition) is 1. The molecule has 0 atom stereocenters. The summed E-state index contributed by atoms with van der Waals surface area (Å²) < 4.78 is 3.36. The number of aryl methyl sites for hydroxylation is 1. The van der Waals surface area contributed by atoms with Crippen LogP contribution in [0.3, 0.4) is 0 Å². The van der Waals surface area contributed by atoms with E-state index in [0.29, 0.717) is 38.8 Å². The fourth-order valence-corrected chi connectivity index (χ4v) is 4.69. The molecular weight excluding hydrogens is 462 g/mol. The number of fused-ring (bicyclic) bond motifs is 3. The Bertz CT molecular complexity index is 1640. The van der Waals surface area contributed by atoms with E-state index >= 15 is 0 Å². The molecular formula is C26H21N5O3S. The van der Waals surface area contributed by atoms with Gasteiger partial charge in [0.2, 0.25) is 11.7 Å². The maximum absolute atomic E-state index is 13.4. The van der Waals surface area contributed by atoms with E-state index in [1.54, 1.807) is 34.9 Å². The Morgan fingerprint density at radius 1 is 0.943 bits per heavy atom. The average Bonchev–Trinajstić information content (AvgIpc) is 3.27. The van der Waals surface area contributed by atoms with Crippen LogP contribution in [0.1, 0.15) is 22.8 Å². The molecule has 0 fully saturated rings. The van der Waals surface area contributed by atoms with Gasteiger partial charge in [-0.2, -0.15) is 0 Å². The van der Waals surface area contributed by atoms with Gasteiger partial charge >= 0.3 is 0 Å². The molecule has 2 aromatic heterocycles. The van der Waals surface area contributed by atoms with Crippen LogP contribution in [0.25, 0.3) is 22.4 Å². The van der Waals surface area contributed by atoms with E-state index in [0.717, 1.165) is 5.56 Å². The Kier molecular flexibility index (Phi) is 5.92. The fourth-order valence-electron chi connectivity index (χ4n) is 3.85. The summed E-state index contributed by atoms with van der Waals surface area (Å²) in [5.74, 6) is 0.261. The summed E-state index contributed by atoms with van der Waals surface area (Å²) in [6, 6.07) is 21.7. The van der Waals surface area contributed by atoms with Crippen molar-refractivity contribution in [1.82, 2.24) is 19.2 Å². The van der Waals surface area contributed by atoms with Crippen LogP contribution in [0.4, 0.5) is 5.69 Å². The molecule has 0 saturated heterocycles. The van der Waals surface area contributed by atoms with Crippen molar-refractivity contribution in [2.24, 2.45) is 0 Å². The fraction of sp³-hybridized carbons (Fsp3) is 0.115. The molecule has 0 aliphatic carbocycles. The number of rotatable bonds is 6. The molecule has 9 heteroatoms. The van der Waals surface area contributed by atoms with E-state index in [4.69, 9.17) is 0 Å². The second-order valence-corrected chi connectivity index (χ2v) is 9.02. The number of Topliss-reactive ketones (excluding diaryl/α,β-unsaturated/α-hetero) is 1. The van der Waals surface area contributed by atoms with Crippen molar-refractivity contribution in [3.8, 4) is 5.69 Å². The van der Waals surface area contributed by atoms with Gasteiger partial charge in [0.05, 0.1) is 22.3 Å². The van der Waals surface area contributed by atoms with Crippen molar-refractivity contribution < 1.29 is 9.59 Å². The van der Waals surface area contributed by atoms with E-state index in [9.17, 15) is 14.4 Å². The highest BCUT2D eigenvalue weighted by Crippen LogP contribution is 2.24. The topological polar surface area (TPSA) is 98.4 Å². The van der Waals surface area contributed by atoms with Gasteiger partial charge in [-0.1, -0.05) is 41.6 Å². The second-order valence-electron chi connectivity index (χ2n) is 8.08. The molecule has 3 aromatic carbocycles. The lowest BCUT2D eigenvalue weighted by atomic mass is 10.1. The molecule has 2 heterocycles. The van der Waals surface area contributed by atoms with Crippen LogP contribution in [-0.4, -0.2) is 36.6 Å². The highest BCUT2D eigenvalue weighted by molar-refractivity contribution is 7.99. The molecule has 1 amide bonds. The number of aromatic nitrogens is 4. The van der Waals surface area contributed by atoms with Crippen LogP contribution in [0, 0.1) is 6.92 Å². The van der Waals surface area contributed by atoms with Crippen LogP contribution < -0.4 is 10.9 Å². The van der Waals surface area contributed by atoms with Crippen LogP contribution in [0.2, 0.25) is 0 Å². The quantitative estimate of drug-likeness (QED) is 0.286. The summed E-state index contributed by atoms with van der Waals surface area (Å²) in [7, 11) is 0. The summed E-state index contributed by atoms with van der Waals surface area (Å²) in [6.45, 7) is 3.42. The molecule has 0 aliphatic heterocycles. The molecule has 0 radical (unpaired) electrons. The monoisotopic (exact) mass is 483 g/mol. The Morgan fingerprint density at radius 3 is 2.37 bits per heavy atom. The van der Waals surface area contributed by atoms with Gasteiger partial charge in [-0.15, -0.1) is 10.2 Å². The number of nitrogens with zero attached hydrogens (tertiary/aromatic N) is 4. The maximum atomic E-state index is 13.4. The molecule has 174 valence electrons. The lowest BCUT2D eigenvalue weighted by molar-refractivity contribution is -0.114. The molecule has 0 spiro atoms. The number of nitrogens with one attached hydrogen (secondary N) is 1. The summed E-state index contributed by atoms with van der Waals surface area (Å²) >= 11 is 1.26. The number of carbonyl (C=O) groups is 2. The second kappa shape index (κ2) is 9.19. The predicted molar refractivity (Wildman–Crippen MR) is 137 cm³/mol. The minimum atomic E-state index is -0.184. The number of ketones is 1. The zero-order chi connectivity index (χ0) is 24.5. The molecule has 35 heavy (non-hydrogen) atoms. The highest BCUT2D eigenvalue weighted by atomic mass is 32.2. The molecule has 0 bridgehead atoms. The third-order valence-corrected chi connectivity index (χ3v) is 6.48. The predicted octanol–water partition coefficient (Wildman–Crippen LogP) is 4.28. The number of carbonyl (C=O) groups excluding carboxylic acids is 2. The minimum Gasteiger partial charge on any atom is -0.326 e. The standard InChI is InChI=1S/C26H21N5O3S/c1-16-7-13-20(14-8-16)30-24(34)21-5-3-4-6-22(21)31-25(30)28-29-26(31)35-15-23(33)18-9-11-19(12-10-18)27-17(2)32/h3-14H,15H2,1-2H3,(H,27,32). The zero-order valence-electron chi connectivity index (χ0n) is 19.1. The molecule has 0 unspecified atom stereocenters. The SMILES string of the molecule is CC(=O)Nc1ccc(C(=O)CSc2nnc3n(-c4ccc(C)cc4)c(=O)c4ccccc4n23)cc1. The van der Waals surface area contributed by atoms with Crippen molar-refractivity contribution in [2.45, 2.75) is 19.0 Å². The van der Waals surface area contributed by atoms with Gasteiger partial charge in [0.25, 0.3) is 5.56 Å². The Hall–Kier alpha value is -4.24. The zero-order valence-corrected chi connectivity index (χ0v) is 19.9. The van der Waals surface area contributed by atoms with Crippen LogP contribution in [0.15, 0.2) is 82.7 Å². The smallest absolute Gasteiger partial charge is 0.267 e. The molecule has 5 aromatic rings. The van der Waals surface area contributed by atoms with E-state index in [-0.39, 0.29) is 23.0 Å². The largest absolute Gasteiger partial charge is 0.326 e. The Balaban J connectivity index is 1.52. The Morgan fingerprint density at radius 2 is 1.66 bits per heavy atom. The van der Waals surface area contributed by atoms with Crippen molar-refractivity contribution >= 4 is 45.8 Å². The summed E-state index contributed by atoms with van der Waals surface area (Å²) in [5, 5.41) is 12.4. The lowest BCUT2D eigenvalue weighted by Crippen LogP contribution is -2.21. The first-order valence-corrected chi connectivity index (χ1v) is 11.9. The number of hydrogen-bond acceptors (Lipinski definition) is 6. The highest BCUT2D eigenvalue weighted by Gasteiger charge is 2.19. The van der Waals surface area contributed by atoms with E-state index in [1.165, 1.54) is 18.7 Å². The first kappa shape index (κ1) is 22.5. The van der Waals surface area contributed by atoms with Crippen molar-refractivity contribution in [3.63, 3.8) is 0 Å². The molecule has 0 saturated carbocycles. The first-order valence-electron chi connectivity index (χ1n) is 10.9. The third-order valence-electron chi connectivity index (χ3n) is 5.55. The Labute approximate surface area is 204 Å². The van der Waals surface area contributed by atoms with Gasteiger partial charge in [0.15, 0.2) is 10.9 Å². The molecule has 5 rings (SSSR count). The van der Waals surface area contributed by atoms with Gasteiger partial charge < -0.3 is 5.32 Å². The van der Waals surface area contributed by atoms with Gasteiger partial charge in [0.1, 0.15) is 0 Å². The van der Waals surface area contributed by atoms with Gasteiger partial charge in [-0.25, -0.2) is 4.57 Å². The van der Waals surface area contributed by atoms with Crippen molar-refractivity contribution in [2.75, 3.05) is 11.1 Å². The number of benzene rings is 3. The number of thioether (sulfide) groups is 1. The van der Waals surface area contributed by atoms with Crippen LogP contribution in [-0.2, 0) is 4.79 Å². The maximum Gasteiger partial charge on any atom is 0.267 e. The number of para-hydroxylation sites is 1. The average molecular weight is 484 g/mol. The van der Waals surface area contributed by atoms with Gasteiger partial charge in [-0.05, 0) is 55.5 Å². The molecule has 1 N–H and O–H groups in total. The van der Waals surface area contributed by atoms with E-state index in [2.05, 4.69) is 15.5 Å². The van der Waals surface area contributed by atoms with Crippen LogP contribution >= 0.6 is 11.8 Å². The van der Waals surface area contributed by atoms with Crippen molar-refractivity contribution in [1.29, 1.82) is 0 Å². The summed E-state index contributed by atoms with van der Waals surface area (Å²) in [5.41, 5.74) is 3.43. The summed E-state index contributed by atoms with van der Waals surface area (Å²) in [6.07, 6.45) is 0. The van der Waals surface area contributed by atoms with Gasteiger partial charge in [-0.3, -0.25) is 18.8 Å². The molecule has 8 nitrogen and oxygen atoms in total. The normalized spacial score (nSPS) is 11.1. The number of anilines is 1. The third kappa shape index (κ3) is 4.33. The minimum absolute atomic E-state index is 0.0858.